The van der Waals surface area contributed by atoms with Gasteiger partial charge in [-0.2, -0.15) is 4.99 Å². The molecule has 2 amide bonds. The van der Waals surface area contributed by atoms with E-state index in [1.165, 1.54) is 0 Å². The molecule has 5 heteroatoms. The maximum absolute atomic E-state index is 11.7. The van der Waals surface area contributed by atoms with Gasteiger partial charge in [-0.25, -0.2) is 4.79 Å². The molecule has 96 valence electrons. The number of nitrogens with two attached hydrogens (primary N) is 1. The summed E-state index contributed by atoms with van der Waals surface area (Å²) >= 11 is 5.86. The van der Waals surface area contributed by atoms with E-state index in [0.717, 1.165) is 5.56 Å². The van der Waals surface area contributed by atoms with Crippen LogP contribution in [-0.2, 0) is 6.42 Å². The number of amides is 2. The molecule has 0 aliphatic carbocycles. The Labute approximate surface area is 111 Å². The number of likely N-dealkylation sites (N-methyl/N-ethyl adjacent to an activating group) is 1. The Morgan fingerprint density at radius 1 is 1.39 bits per heavy atom. The lowest BCUT2D eigenvalue weighted by atomic mass is 9.91. The molecule has 1 aliphatic rings. The average molecular weight is 266 g/mol. The molecule has 1 aliphatic heterocycles. The molecule has 1 atom stereocenters. The second-order valence-electron chi connectivity index (χ2n) is 4.60. The molecule has 2 rings (SSSR count). The maximum Gasteiger partial charge on any atom is 0.346 e. The second-order valence-corrected chi connectivity index (χ2v) is 5.04. The molecule has 1 unspecified atom stereocenters. The van der Waals surface area contributed by atoms with E-state index in [0.29, 0.717) is 23.8 Å². The van der Waals surface area contributed by atoms with Crippen molar-refractivity contribution >= 4 is 23.5 Å². The van der Waals surface area contributed by atoms with Crippen LogP contribution in [0, 0.1) is 0 Å². The fourth-order valence-electron chi connectivity index (χ4n) is 2.30. The number of nitrogens with zero attached hydrogens (tertiary/aromatic N) is 2. The summed E-state index contributed by atoms with van der Waals surface area (Å²) in [4.78, 5) is 17.3. The summed E-state index contributed by atoms with van der Waals surface area (Å²) in [5.74, 6) is 0.379. The first-order valence-electron chi connectivity index (χ1n) is 5.88. The highest BCUT2D eigenvalue weighted by atomic mass is 35.5. The third-order valence-corrected chi connectivity index (χ3v) is 3.62. The van der Waals surface area contributed by atoms with Crippen LogP contribution in [0.2, 0.25) is 5.02 Å². The number of benzene rings is 1. The highest BCUT2D eigenvalue weighted by Crippen LogP contribution is 2.27. The molecule has 4 nitrogen and oxygen atoms in total. The molecule has 0 radical (unpaired) electrons. The lowest BCUT2D eigenvalue weighted by Gasteiger charge is -2.34. The Morgan fingerprint density at radius 2 is 2.00 bits per heavy atom. The van der Waals surface area contributed by atoms with Crippen molar-refractivity contribution in [2.75, 3.05) is 6.54 Å². The summed E-state index contributed by atoms with van der Waals surface area (Å²) in [6.07, 6.45) is 0.638. The van der Waals surface area contributed by atoms with Crippen molar-refractivity contribution in [1.82, 2.24) is 4.90 Å². The van der Waals surface area contributed by atoms with Crippen molar-refractivity contribution < 1.29 is 4.79 Å². The molecule has 0 aromatic heterocycles. The second kappa shape index (κ2) is 4.61. The topological polar surface area (TPSA) is 58.7 Å². The van der Waals surface area contributed by atoms with Gasteiger partial charge in [0.25, 0.3) is 0 Å². The molecular formula is C13H16ClN3O. The number of carbonyl (C=O) groups excluding carboxylic acids is 1. The summed E-state index contributed by atoms with van der Waals surface area (Å²) in [7, 11) is 0. The zero-order valence-corrected chi connectivity index (χ0v) is 11.2. The minimum Gasteiger partial charge on any atom is -0.385 e. The lowest BCUT2D eigenvalue weighted by molar-refractivity contribution is 0.182. The molecule has 0 saturated heterocycles. The Kier molecular flexibility index (Phi) is 3.30. The molecule has 0 bridgehead atoms. The maximum atomic E-state index is 11.7. The summed E-state index contributed by atoms with van der Waals surface area (Å²) in [5, 5.41) is 0.695. The summed E-state index contributed by atoms with van der Waals surface area (Å²) in [6, 6.07) is 7.29. The van der Waals surface area contributed by atoms with E-state index in [4.69, 9.17) is 17.3 Å². The minimum absolute atomic E-state index is 0.258. The highest BCUT2D eigenvalue weighted by molar-refractivity contribution is 6.30. The number of halogens is 1. The molecule has 2 N–H and O–H groups in total. The smallest absolute Gasteiger partial charge is 0.346 e. The molecule has 1 aromatic rings. The van der Waals surface area contributed by atoms with Crippen LogP contribution in [-0.4, -0.2) is 28.9 Å². The van der Waals surface area contributed by atoms with E-state index in [2.05, 4.69) is 4.99 Å². The molecular weight excluding hydrogens is 250 g/mol. The molecule has 0 fully saturated rings. The molecule has 18 heavy (non-hydrogen) atoms. The number of hydrogen-bond acceptors (Lipinski definition) is 2. The first kappa shape index (κ1) is 12.9. The van der Waals surface area contributed by atoms with E-state index >= 15 is 0 Å². The standard InChI is InChI=1S/C13H16ClN3O/c1-3-17-12(18)16-11(15)13(17,2)8-9-4-6-10(14)7-5-9/h4-7H,3,8H2,1-2H3,(H2,15,16,18). The zero-order chi connectivity index (χ0) is 13.3. The highest BCUT2D eigenvalue weighted by Gasteiger charge is 2.43. The molecule has 0 spiro atoms. The van der Waals surface area contributed by atoms with Crippen molar-refractivity contribution in [3.05, 3.63) is 34.9 Å². The van der Waals surface area contributed by atoms with Crippen LogP contribution in [0.5, 0.6) is 0 Å². The number of carbonyl (C=O) groups is 1. The Balaban J connectivity index is 2.28. The van der Waals surface area contributed by atoms with Gasteiger partial charge >= 0.3 is 6.03 Å². The predicted molar refractivity (Wildman–Crippen MR) is 73.0 cm³/mol. The van der Waals surface area contributed by atoms with Crippen LogP contribution in [0.25, 0.3) is 0 Å². The van der Waals surface area contributed by atoms with Gasteiger partial charge in [-0.15, -0.1) is 0 Å². The third-order valence-electron chi connectivity index (χ3n) is 3.37. The largest absolute Gasteiger partial charge is 0.385 e. The Hall–Kier alpha value is -1.55. The van der Waals surface area contributed by atoms with E-state index in [1.54, 1.807) is 4.90 Å². The Bertz CT molecular complexity index is 497. The third kappa shape index (κ3) is 2.08. The van der Waals surface area contributed by atoms with Crippen LogP contribution < -0.4 is 5.73 Å². The van der Waals surface area contributed by atoms with E-state index in [-0.39, 0.29) is 6.03 Å². The normalized spacial score (nSPS) is 23.4. The van der Waals surface area contributed by atoms with Crippen molar-refractivity contribution in [3.8, 4) is 0 Å². The van der Waals surface area contributed by atoms with Gasteiger partial charge in [0, 0.05) is 18.0 Å². The zero-order valence-electron chi connectivity index (χ0n) is 10.5. The van der Waals surface area contributed by atoms with E-state index < -0.39 is 5.54 Å². The molecule has 1 heterocycles. The average Bonchev–Trinajstić information content (AvgIpc) is 2.53. The van der Waals surface area contributed by atoms with Gasteiger partial charge in [0.05, 0.1) is 0 Å². The lowest BCUT2D eigenvalue weighted by Crippen LogP contribution is -2.53. The van der Waals surface area contributed by atoms with Crippen molar-refractivity contribution in [3.63, 3.8) is 0 Å². The van der Waals surface area contributed by atoms with Crippen molar-refractivity contribution in [2.24, 2.45) is 10.7 Å². The van der Waals surface area contributed by atoms with E-state index in [9.17, 15) is 4.79 Å². The van der Waals surface area contributed by atoms with Crippen molar-refractivity contribution in [1.29, 1.82) is 0 Å². The summed E-state index contributed by atoms with van der Waals surface area (Å²) < 4.78 is 0. The summed E-state index contributed by atoms with van der Waals surface area (Å²) in [6.45, 7) is 4.45. The van der Waals surface area contributed by atoms with Gasteiger partial charge in [0.1, 0.15) is 11.4 Å². The van der Waals surface area contributed by atoms with Crippen LogP contribution in [0.4, 0.5) is 4.79 Å². The number of amidine groups is 1. The minimum atomic E-state index is -0.542. The van der Waals surface area contributed by atoms with Gasteiger partial charge in [-0.1, -0.05) is 23.7 Å². The van der Waals surface area contributed by atoms with E-state index in [1.807, 2.05) is 38.1 Å². The predicted octanol–water partition coefficient (Wildman–Crippen LogP) is 2.45. The monoisotopic (exact) mass is 265 g/mol. The van der Waals surface area contributed by atoms with Crippen molar-refractivity contribution in [2.45, 2.75) is 25.8 Å². The first-order valence-corrected chi connectivity index (χ1v) is 6.26. The van der Waals surface area contributed by atoms with Gasteiger partial charge in [0.15, 0.2) is 0 Å². The first-order chi connectivity index (χ1) is 8.47. The number of urea groups is 1. The fourth-order valence-corrected chi connectivity index (χ4v) is 2.43. The quantitative estimate of drug-likeness (QED) is 0.913. The molecule has 0 saturated carbocycles. The SMILES string of the molecule is CCN1C(=O)N=C(N)C1(C)Cc1ccc(Cl)cc1. The number of aliphatic imine (C=N–C) groups is 1. The molecule has 1 aromatic carbocycles. The van der Waals surface area contributed by atoms with Crippen LogP contribution in [0.3, 0.4) is 0 Å². The van der Waals surface area contributed by atoms with Crippen LogP contribution in [0.1, 0.15) is 19.4 Å². The van der Waals surface area contributed by atoms with Gasteiger partial charge < -0.3 is 10.6 Å². The van der Waals surface area contributed by atoms with Crippen LogP contribution >= 0.6 is 11.6 Å². The fraction of sp³-hybridized carbons (Fsp3) is 0.385. The van der Waals surface area contributed by atoms with Crippen LogP contribution in [0.15, 0.2) is 29.3 Å². The number of rotatable bonds is 3. The Morgan fingerprint density at radius 3 is 2.56 bits per heavy atom. The number of hydrogen-bond donors (Lipinski definition) is 1. The van der Waals surface area contributed by atoms with Gasteiger partial charge in [-0.05, 0) is 31.5 Å². The van der Waals surface area contributed by atoms with Gasteiger partial charge in [-0.3, -0.25) is 0 Å². The van der Waals surface area contributed by atoms with Gasteiger partial charge in [0.2, 0.25) is 0 Å². The summed E-state index contributed by atoms with van der Waals surface area (Å²) in [5.41, 5.74) is 6.44.